The molecule has 0 radical (unpaired) electrons. The Morgan fingerprint density at radius 3 is 2.92 bits per heavy atom. The summed E-state index contributed by atoms with van der Waals surface area (Å²) in [5.74, 6) is 0.199. The van der Waals surface area contributed by atoms with Gasteiger partial charge in [0.15, 0.2) is 0 Å². The molecular weight excluding hydrogens is 322 g/mol. The molecule has 25 heavy (non-hydrogen) atoms. The number of nitrogens with one attached hydrogen (secondary N) is 2. The number of nitrogens with zero attached hydrogens (tertiary/aromatic N) is 3. The quantitative estimate of drug-likeness (QED) is 0.795. The molecule has 8 nitrogen and oxygen atoms in total. The van der Waals surface area contributed by atoms with Gasteiger partial charge in [0, 0.05) is 44.6 Å². The largest absolute Gasteiger partial charge is 0.361 e. The number of carbonyl (C=O) groups excluding carboxylic acids is 2. The van der Waals surface area contributed by atoms with Gasteiger partial charge in [0.2, 0.25) is 11.8 Å². The highest BCUT2D eigenvalue weighted by Crippen LogP contribution is 2.10. The molecule has 0 bridgehead atoms. The van der Waals surface area contributed by atoms with Crippen molar-refractivity contribution in [3.8, 4) is 0 Å². The first-order valence-electron chi connectivity index (χ1n) is 8.22. The first kappa shape index (κ1) is 17.1. The van der Waals surface area contributed by atoms with Crippen LogP contribution in [0.5, 0.6) is 0 Å². The van der Waals surface area contributed by atoms with E-state index >= 15 is 0 Å². The molecule has 0 saturated carbocycles. The number of amides is 2. The van der Waals surface area contributed by atoms with Crippen LogP contribution in [-0.4, -0.2) is 52.5 Å². The van der Waals surface area contributed by atoms with Gasteiger partial charge in [0.25, 0.3) is 0 Å². The molecule has 2 aromatic heterocycles. The predicted molar refractivity (Wildman–Crippen MR) is 89.4 cm³/mol. The maximum Gasteiger partial charge on any atom is 0.244 e. The fourth-order valence-corrected chi connectivity index (χ4v) is 2.79. The highest BCUT2D eigenvalue weighted by molar-refractivity contribution is 5.88. The summed E-state index contributed by atoms with van der Waals surface area (Å²) < 4.78 is 5.11. The molecule has 2 amide bonds. The lowest BCUT2D eigenvalue weighted by atomic mass is 10.1. The molecule has 1 fully saturated rings. The van der Waals surface area contributed by atoms with E-state index in [1.807, 2.05) is 12.1 Å². The van der Waals surface area contributed by atoms with Gasteiger partial charge in [-0.3, -0.25) is 14.6 Å². The van der Waals surface area contributed by atoms with Crippen LogP contribution >= 0.6 is 0 Å². The SMILES string of the molecule is Cc1cc(CC(=O)N2CCNC[C@@H]2C(=O)NCc2ccncc2)on1. The van der Waals surface area contributed by atoms with Crippen LogP contribution in [0.1, 0.15) is 17.0 Å². The molecule has 8 heteroatoms. The molecular formula is C17H21N5O3. The van der Waals surface area contributed by atoms with Crippen LogP contribution in [-0.2, 0) is 22.6 Å². The van der Waals surface area contributed by atoms with Crippen molar-refractivity contribution in [1.29, 1.82) is 0 Å². The average Bonchev–Trinajstić information content (AvgIpc) is 3.05. The van der Waals surface area contributed by atoms with Gasteiger partial charge in [-0.25, -0.2) is 0 Å². The number of hydrogen-bond acceptors (Lipinski definition) is 6. The lowest BCUT2D eigenvalue weighted by molar-refractivity contribution is -0.141. The number of hydrogen-bond donors (Lipinski definition) is 2. The van der Waals surface area contributed by atoms with E-state index in [1.54, 1.807) is 30.3 Å². The van der Waals surface area contributed by atoms with Gasteiger partial charge in [-0.15, -0.1) is 0 Å². The standard InChI is InChI=1S/C17H21N5O3/c1-12-8-14(25-21-12)9-16(23)22-7-6-19-11-15(22)17(24)20-10-13-2-4-18-5-3-13/h2-5,8,15,19H,6-7,9-11H2,1H3,(H,20,24)/t15-/m1/s1. The second-order valence-electron chi connectivity index (χ2n) is 5.99. The van der Waals surface area contributed by atoms with E-state index in [-0.39, 0.29) is 18.2 Å². The molecule has 3 rings (SSSR count). The van der Waals surface area contributed by atoms with E-state index in [1.165, 1.54) is 0 Å². The van der Waals surface area contributed by atoms with Crippen LogP contribution in [0.2, 0.25) is 0 Å². The molecule has 2 N–H and O–H groups in total. The summed E-state index contributed by atoms with van der Waals surface area (Å²) in [6.07, 6.45) is 3.46. The zero-order valence-corrected chi connectivity index (χ0v) is 14.1. The molecule has 0 aromatic carbocycles. The summed E-state index contributed by atoms with van der Waals surface area (Å²) in [5.41, 5.74) is 1.69. The fourth-order valence-electron chi connectivity index (χ4n) is 2.79. The molecule has 132 valence electrons. The maximum atomic E-state index is 12.6. The highest BCUT2D eigenvalue weighted by atomic mass is 16.5. The number of piperazine rings is 1. The second-order valence-corrected chi connectivity index (χ2v) is 5.99. The van der Waals surface area contributed by atoms with Crippen LogP contribution in [0.25, 0.3) is 0 Å². The third-order valence-electron chi connectivity index (χ3n) is 4.08. The molecule has 0 unspecified atom stereocenters. The molecule has 2 aromatic rings. The van der Waals surface area contributed by atoms with E-state index in [9.17, 15) is 9.59 Å². The van der Waals surface area contributed by atoms with Gasteiger partial charge in [0.05, 0.1) is 12.1 Å². The topological polar surface area (TPSA) is 100 Å². The Hall–Kier alpha value is -2.74. The lowest BCUT2D eigenvalue weighted by Gasteiger charge is -2.35. The number of aromatic nitrogens is 2. The van der Waals surface area contributed by atoms with E-state index in [2.05, 4.69) is 20.8 Å². The van der Waals surface area contributed by atoms with Crippen molar-refractivity contribution >= 4 is 11.8 Å². The Labute approximate surface area is 145 Å². The molecule has 1 saturated heterocycles. The van der Waals surface area contributed by atoms with Gasteiger partial charge in [0.1, 0.15) is 11.8 Å². The Kier molecular flexibility index (Phi) is 5.39. The van der Waals surface area contributed by atoms with Gasteiger partial charge in [-0.1, -0.05) is 5.16 Å². The van der Waals surface area contributed by atoms with Crippen LogP contribution in [0.3, 0.4) is 0 Å². The zero-order valence-electron chi connectivity index (χ0n) is 14.1. The number of pyridine rings is 1. The van der Waals surface area contributed by atoms with Crippen LogP contribution in [0.15, 0.2) is 35.1 Å². The number of rotatable bonds is 5. The average molecular weight is 343 g/mol. The Bertz CT molecular complexity index is 731. The Balaban J connectivity index is 1.61. The molecule has 3 heterocycles. The van der Waals surface area contributed by atoms with Crippen molar-refractivity contribution in [2.24, 2.45) is 0 Å². The van der Waals surface area contributed by atoms with Crippen LogP contribution < -0.4 is 10.6 Å². The van der Waals surface area contributed by atoms with E-state index < -0.39 is 6.04 Å². The minimum Gasteiger partial charge on any atom is -0.361 e. The van der Waals surface area contributed by atoms with Crippen molar-refractivity contribution in [3.63, 3.8) is 0 Å². The molecule has 1 atom stereocenters. The minimum atomic E-state index is -0.535. The molecule has 0 spiro atoms. The van der Waals surface area contributed by atoms with Crippen LogP contribution in [0, 0.1) is 6.92 Å². The van der Waals surface area contributed by atoms with E-state index in [4.69, 9.17) is 4.52 Å². The van der Waals surface area contributed by atoms with Gasteiger partial charge < -0.3 is 20.1 Å². The number of aryl methyl sites for hydroxylation is 1. The summed E-state index contributed by atoms with van der Waals surface area (Å²) in [7, 11) is 0. The van der Waals surface area contributed by atoms with Crippen molar-refractivity contribution in [3.05, 3.63) is 47.6 Å². The third-order valence-corrected chi connectivity index (χ3v) is 4.08. The molecule has 0 aliphatic carbocycles. The summed E-state index contributed by atoms with van der Waals surface area (Å²) in [6.45, 7) is 3.79. The zero-order chi connectivity index (χ0) is 17.6. The van der Waals surface area contributed by atoms with E-state index in [0.29, 0.717) is 31.9 Å². The van der Waals surface area contributed by atoms with E-state index in [0.717, 1.165) is 11.3 Å². The van der Waals surface area contributed by atoms with Crippen molar-refractivity contribution in [1.82, 2.24) is 25.7 Å². The van der Waals surface area contributed by atoms with Crippen molar-refractivity contribution in [2.75, 3.05) is 19.6 Å². The molecule has 1 aliphatic rings. The van der Waals surface area contributed by atoms with Gasteiger partial charge >= 0.3 is 0 Å². The fraction of sp³-hybridized carbons (Fsp3) is 0.412. The highest BCUT2D eigenvalue weighted by Gasteiger charge is 2.32. The Morgan fingerprint density at radius 1 is 1.40 bits per heavy atom. The number of carbonyl (C=O) groups is 2. The van der Waals surface area contributed by atoms with Crippen molar-refractivity contribution in [2.45, 2.75) is 25.9 Å². The first-order valence-corrected chi connectivity index (χ1v) is 8.22. The summed E-state index contributed by atoms with van der Waals surface area (Å²) >= 11 is 0. The maximum absolute atomic E-state index is 12.6. The normalized spacial score (nSPS) is 17.3. The van der Waals surface area contributed by atoms with Crippen molar-refractivity contribution < 1.29 is 14.1 Å². The third kappa shape index (κ3) is 4.42. The predicted octanol–water partition coefficient (Wildman–Crippen LogP) is 0.0373. The van der Waals surface area contributed by atoms with Crippen LogP contribution in [0.4, 0.5) is 0 Å². The second kappa shape index (κ2) is 7.89. The first-order chi connectivity index (χ1) is 12.1. The molecule has 1 aliphatic heterocycles. The minimum absolute atomic E-state index is 0.106. The summed E-state index contributed by atoms with van der Waals surface area (Å²) in [6, 6.07) is 4.88. The Morgan fingerprint density at radius 2 is 2.20 bits per heavy atom. The smallest absolute Gasteiger partial charge is 0.244 e. The summed E-state index contributed by atoms with van der Waals surface area (Å²) in [5, 5.41) is 9.84. The lowest BCUT2D eigenvalue weighted by Crippen LogP contribution is -2.59. The summed E-state index contributed by atoms with van der Waals surface area (Å²) in [4.78, 5) is 30.7. The van der Waals surface area contributed by atoms with Gasteiger partial charge in [-0.05, 0) is 24.6 Å². The van der Waals surface area contributed by atoms with Gasteiger partial charge in [-0.2, -0.15) is 0 Å². The monoisotopic (exact) mass is 343 g/mol.